The number of rotatable bonds is 15. The summed E-state index contributed by atoms with van der Waals surface area (Å²) in [6.45, 7) is 0.563. The van der Waals surface area contributed by atoms with Crippen LogP contribution >= 0.6 is 12.6 Å². The Labute approximate surface area is 186 Å². The fraction of sp³-hybridized carbons (Fsp3) is 0.474. The Hall–Kier alpha value is -2.67. The number of hydrogen-bond acceptors (Lipinski definition) is 8. The average Bonchev–Trinajstić information content (AvgIpc) is 2.70. The first kappa shape index (κ1) is 26.4. The van der Waals surface area contributed by atoms with Gasteiger partial charge in [-0.05, 0) is 37.0 Å². The number of benzene rings is 1. The monoisotopic (exact) mass is 453 g/mol. The molecule has 1 aromatic carbocycles. The van der Waals surface area contributed by atoms with Gasteiger partial charge in [0, 0.05) is 19.5 Å². The smallest absolute Gasteiger partial charge is 0.237 e. The highest BCUT2D eigenvalue weighted by atomic mass is 32.1. The summed E-state index contributed by atoms with van der Waals surface area (Å²) in [4.78, 5) is 39.8. The van der Waals surface area contributed by atoms with Crippen molar-refractivity contribution in [3.8, 4) is 5.75 Å². The number of Topliss-reactive ketones (excluding diaryl/α,β-unsaturated/α-hetero) is 1. The van der Waals surface area contributed by atoms with E-state index in [2.05, 4.69) is 33.8 Å². The summed E-state index contributed by atoms with van der Waals surface area (Å²) in [6, 6.07) is 4.71. The summed E-state index contributed by atoms with van der Waals surface area (Å²) < 4.78 is 0. The van der Waals surface area contributed by atoms with Crippen molar-refractivity contribution in [2.45, 2.75) is 37.8 Å². The van der Waals surface area contributed by atoms with E-state index < -0.39 is 18.0 Å². The molecule has 0 bridgehead atoms. The lowest BCUT2D eigenvalue weighted by Gasteiger charge is -2.20. The van der Waals surface area contributed by atoms with E-state index in [1.54, 1.807) is 12.1 Å². The number of phenols is 1. The molecule has 0 saturated heterocycles. The van der Waals surface area contributed by atoms with Crippen molar-refractivity contribution in [2.75, 3.05) is 19.6 Å². The number of hydrogen-bond donors (Lipinski definition) is 8. The summed E-state index contributed by atoms with van der Waals surface area (Å²) in [6.07, 6.45) is 1.25. The summed E-state index contributed by atoms with van der Waals surface area (Å²) >= 11 is 3.66. The Morgan fingerprint density at radius 2 is 1.81 bits per heavy atom. The molecule has 0 heterocycles. The third-order valence-corrected chi connectivity index (χ3v) is 4.45. The zero-order chi connectivity index (χ0) is 23.2. The normalized spacial score (nSPS) is 12.6. The zero-order valence-electron chi connectivity index (χ0n) is 17.2. The van der Waals surface area contributed by atoms with Gasteiger partial charge in [-0.2, -0.15) is 0 Å². The fourth-order valence-corrected chi connectivity index (χ4v) is 2.72. The van der Waals surface area contributed by atoms with E-state index in [4.69, 9.17) is 17.2 Å². The molecule has 10 N–H and O–H groups in total. The van der Waals surface area contributed by atoms with Crippen LogP contribution in [0.15, 0.2) is 29.3 Å². The highest BCUT2D eigenvalue weighted by Crippen LogP contribution is 2.11. The molecule has 0 aliphatic heterocycles. The summed E-state index contributed by atoms with van der Waals surface area (Å²) in [5.74, 6) is -0.665. The lowest BCUT2D eigenvalue weighted by Crippen LogP contribution is -2.52. The van der Waals surface area contributed by atoms with Gasteiger partial charge in [0.2, 0.25) is 5.91 Å². The second kappa shape index (κ2) is 14.4. The van der Waals surface area contributed by atoms with Gasteiger partial charge >= 0.3 is 0 Å². The van der Waals surface area contributed by atoms with Crippen molar-refractivity contribution in [2.24, 2.45) is 22.2 Å². The second-order valence-electron chi connectivity index (χ2n) is 6.88. The molecule has 11 nitrogen and oxygen atoms in total. The Balaban J connectivity index is 2.62. The summed E-state index contributed by atoms with van der Waals surface area (Å²) in [7, 11) is 0. The predicted octanol–water partition coefficient (Wildman–Crippen LogP) is -1.69. The number of nitrogens with one attached hydrogen (secondary N) is 3. The van der Waals surface area contributed by atoms with E-state index in [0.29, 0.717) is 25.9 Å². The van der Waals surface area contributed by atoms with Crippen LogP contribution in [0.1, 0.15) is 24.8 Å². The molecule has 1 amide bonds. The number of carbonyl (C=O) groups is 3. The predicted molar refractivity (Wildman–Crippen MR) is 121 cm³/mol. The average molecular weight is 454 g/mol. The van der Waals surface area contributed by atoms with Crippen LogP contribution in [0, 0.1) is 0 Å². The van der Waals surface area contributed by atoms with E-state index in [1.165, 1.54) is 12.1 Å². The third-order valence-electron chi connectivity index (χ3n) is 4.23. The SMILES string of the molecule is NC(N)=NCCCC(NC(=O)C(N)Cc1ccc(O)cc1)C(=O)CNNCCC(=O)S. The number of aliphatic imine (C=N–C) groups is 1. The number of thiol groups is 1. The standard InChI is InChI=1S/C19H31N7O4S/c20-14(10-12-3-5-13(27)6-4-12)18(30)26-15(2-1-8-23-19(21)22)16(28)11-25-24-9-7-17(29)31/h3-6,14-15,24-25,27H,1-2,7-11,20H2,(H,26,30)(H,29,31)(H4,21,22,23). The summed E-state index contributed by atoms with van der Waals surface area (Å²) in [5.41, 5.74) is 22.8. The minimum atomic E-state index is -0.870. The van der Waals surface area contributed by atoms with Crippen LogP contribution in [0.25, 0.3) is 0 Å². The molecule has 1 aromatic rings. The molecule has 1 rings (SSSR count). The van der Waals surface area contributed by atoms with Gasteiger partial charge < -0.3 is 27.6 Å². The van der Waals surface area contributed by atoms with Crippen LogP contribution in [-0.4, -0.2) is 59.6 Å². The number of carbonyl (C=O) groups excluding carboxylic acids is 3. The topological polar surface area (TPSA) is 198 Å². The summed E-state index contributed by atoms with van der Waals surface area (Å²) in [5, 5.41) is 11.8. The molecule has 0 radical (unpaired) electrons. The van der Waals surface area contributed by atoms with Crippen LogP contribution in [0.2, 0.25) is 0 Å². The van der Waals surface area contributed by atoms with E-state index in [9.17, 15) is 19.5 Å². The first-order valence-electron chi connectivity index (χ1n) is 9.78. The number of amides is 1. The fourth-order valence-electron chi connectivity index (χ4n) is 2.61. The van der Waals surface area contributed by atoms with Crippen molar-refractivity contribution in [3.05, 3.63) is 29.8 Å². The number of ketones is 1. The Morgan fingerprint density at radius 3 is 2.42 bits per heavy atom. The maximum atomic E-state index is 12.6. The van der Waals surface area contributed by atoms with Gasteiger partial charge in [-0.1, -0.05) is 12.1 Å². The number of nitrogens with two attached hydrogens (primary N) is 3. The van der Waals surface area contributed by atoms with Crippen LogP contribution in [0.5, 0.6) is 5.75 Å². The molecule has 31 heavy (non-hydrogen) atoms. The first-order valence-corrected chi connectivity index (χ1v) is 10.2. The van der Waals surface area contributed by atoms with Gasteiger partial charge in [0.15, 0.2) is 16.9 Å². The van der Waals surface area contributed by atoms with Crippen molar-refractivity contribution in [1.82, 2.24) is 16.2 Å². The van der Waals surface area contributed by atoms with Crippen molar-refractivity contribution in [1.29, 1.82) is 0 Å². The minimum absolute atomic E-state index is 0.0487. The molecule has 0 fully saturated rings. The van der Waals surface area contributed by atoms with E-state index in [-0.39, 0.29) is 42.0 Å². The number of hydrazine groups is 1. The van der Waals surface area contributed by atoms with Crippen LogP contribution in [0.3, 0.4) is 0 Å². The van der Waals surface area contributed by atoms with E-state index >= 15 is 0 Å². The van der Waals surface area contributed by atoms with Crippen molar-refractivity contribution in [3.63, 3.8) is 0 Å². The van der Waals surface area contributed by atoms with Crippen LogP contribution in [0.4, 0.5) is 0 Å². The molecule has 0 saturated carbocycles. The molecular formula is C19H31N7O4S. The molecular weight excluding hydrogens is 422 g/mol. The highest BCUT2D eigenvalue weighted by molar-refractivity contribution is 7.96. The largest absolute Gasteiger partial charge is 0.508 e. The van der Waals surface area contributed by atoms with Gasteiger partial charge in [-0.25, -0.2) is 0 Å². The molecule has 172 valence electrons. The van der Waals surface area contributed by atoms with Crippen LogP contribution < -0.4 is 33.4 Å². The number of phenolic OH excluding ortho intramolecular Hbond substituents is 1. The molecule has 2 atom stereocenters. The first-order chi connectivity index (χ1) is 14.7. The highest BCUT2D eigenvalue weighted by Gasteiger charge is 2.23. The molecule has 0 aromatic heterocycles. The number of nitrogens with zero attached hydrogens (tertiary/aromatic N) is 1. The second-order valence-corrected chi connectivity index (χ2v) is 7.38. The zero-order valence-corrected chi connectivity index (χ0v) is 18.1. The Bertz CT molecular complexity index is 754. The molecule has 0 spiro atoms. The van der Waals surface area contributed by atoms with E-state index in [0.717, 1.165) is 5.56 Å². The lowest BCUT2D eigenvalue weighted by atomic mass is 10.0. The van der Waals surface area contributed by atoms with Gasteiger partial charge in [0.1, 0.15) is 5.75 Å². The van der Waals surface area contributed by atoms with E-state index in [1.807, 2.05) is 0 Å². The van der Waals surface area contributed by atoms with Gasteiger partial charge in [-0.3, -0.25) is 30.2 Å². The van der Waals surface area contributed by atoms with Gasteiger partial charge in [0.05, 0.1) is 18.6 Å². The van der Waals surface area contributed by atoms with Crippen molar-refractivity contribution >= 4 is 35.4 Å². The molecule has 2 unspecified atom stereocenters. The van der Waals surface area contributed by atoms with Crippen LogP contribution in [-0.2, 0) is 20.8 Å². The number of guanidine groups is 1. The molecule has 12 heteroatoms. The maximum absolute atomic E-state index is 12.6. The number of aromatic hydroxyl groups is 1. The molecule has 0 aliphatic rings. The lowest BCUT2D eigenvalue weighted by molar-refractivity contribution is -0.128. The minimum Gasteiger partial charge on any atom is -0.508 e. The third kappa shape index (κ3) is 11.9. The Kier molecular flexibility index (Phi) is 12.2. The van der Waals surface area contributed by atoms with Gasteiger partial charge in [-0.15, -0.1) is 12.6 Å². The quantitative estimate of drug-likeness (QED) is 0.0502. The van der Waals surface area contributed by atoms with Crippen molar-refractivity contribution < 1.29 is 19.5 Å². The maximum Gasteiger partial charge on any atom is 0.237 e. The van der Waals surface area contributed by atoms with Gasteiger partial charge in [0.25, 0.3) is 0 Å². The Morgan fingerprint density at radius 1 is 1.13 bits per heavy atom. The molecule has 0 aliphatic carbocycles.